The molecule has 3 aromatic rings. The number of nitrogens with zero attached hydrogens (tertiary/aromatic N) is 3. The molecule has 3 heterocycles. The van der Waals surface area contributed by atoms with E-state index in [9.17, 15) is 4.79 Å². The second kappa shape index (κ2) is 10.1. The van der Waals surface area contributed by atoms with Crippen LogP contribution in [0.3, 0.4) is 0 Å². The highest BCUT2D eigenvalue weighted by Crippen LogP contribution is 2.25. The van der Waals surface area contributed by atoms with E-state index >= 15 is 0 Å². The molecule has 0 spiro atoms. The van der Waals surface area contributed by atoms with Crippen molar-refractivity contribution in [2.45, 2.75) is 25.4 Å². The van der Waals surface area contributed by atoms with E-state index in [2.05, 4.69) is 5.32 Å². The van der Waals surface area contributed by atoms with Gasteiger partial charge in [0.2, 0.25) is 0 Å². The molecule has 1 atom stereocenters. The minimum atomic E-state index is -0.111. The second-order valence-electron chi connectivity index (χ2n) is 8.66. The van der Waals surface area contributed by atoms with Gasteiger partial charge in [0, 0.05) is 30.4 Å². The Morgan fingerprint density at radius 1 is 1.09 bits per heavy atom. The van der Waals surface area contributed by atoms with Gasteiger partial charge in [0.05, 0.1) is 48.5 Å². The summed E-state index contributed by atoms with van der Waals surface area (Å²) in [5, 5.41) is 16.9. The number of rotatable bonds is 6. The van der Waals surface area contributed by atoms with Gasteiger partial charge in [-0.05, 0) is 18.9 Å². The van der Waals surface area contributed by atoms with Gasteiger partial charge >= 0.3 is 0 Å². The quantitative estimate of drug-likeness (QED) is 0.440. The van der Waals surface area contributed by atoms with Gasteiger partial charge in [-0.1, -0.05) is 60.7 Å². The summed E-state index contributed by atoms with van der Waals surface area (Å²) < 4.78 is 7.55. The monoisotopic (exact) mass is 455 g/mol. The number of carbonyl (C=O) groups is 1. The van der Waals surface area contributed by atoms with E-state index in [0.717, 1.165) is 29.7 Å². The van der Waals surface area contributed by atoms with E-state index < -0.39 is 0 Å². The minimum absolute atomic E-state index is 0.0275. The first-order chi connectivity index (χ1) is 16.7. The molecule has 1 aromatic heterocycles. The first-order valence-corrected chi connectivity index (χ1v) is 11.8. The van der Waals surface area contributed by atoms with Gasteiger partial charge in [-0.3, -0.25) is 14.9 Å². The predicted molar refractivity (Wildman–Crippen MR) is 132 cm³/mol. The van der Waals surface area contributed by atoms with Crippen LogP contribution in [0.1, 0.15) is 18.4 Å². The molecule has 2 aliphatic rings. The average molecular weight is 456 g/mol. The van der Waals surface area contributed by atoms with Gasteiger partial charge in [-0.25, -0.2) is 0 Å². The summed E-state index contributed by atoms with van der Waals surface area (Å²) in [6.45, 7) is 2.85. The standard InChI is InChI=1S/C27H29N5O2/c28-26(21-10-5-2-6-11-21)25(24-19-34-17-14-29-24)27(33)32-15-7-12-22(32)18-31-16-13-23(30-31)20-8-3-1-4-9-20/h1-6,8-11,13,16,22,28-29H,7,12,14-15,17-19H2/b25-24+,28-26?. The third-order valence-corrected chi connectivity index (χ3v) is 6.41. The van der Waals surface area contributed by atoms with Gasteiger partial charge in [0.15, 0.2) is 0 Å². The Bertz CT molecular complexity index is 1180. The highest BCUT2D eigenvalue weighted by atomic mass is 16.5. The van der Waals surface area contributed by atoms with Crippen LogP contribution in [0.5, 0.6) is 0 Å². The normalized spacial score (nSPS) is 19.5. The molecule has 2 fully saturated rings. The van der Waals surface area contributed by atoms with E-state index in [0.29, 0.717) is 44.1 Å². The number of amides is 1. The largest absolute Gasteiger partial charge is 0.383 e. The van der Waals surface area contributed by atoms with Crippen LogP contribution >= 0.6 is 0 Å². The van der Waals surface area contributed by atoms with Crippen molar-refractivity contribution in [1.82, 2.24) is 20.0 Å². The van der Waals surface area contributed by atoms with Gasteiger partial charge in [0.25, 0.3) is 5.91 Å². The predicted octanol–water partition coefficient (Wildman–Crippen LogP) is 3.48. The maximum Gasteiger partial charge on any atom is 0.258 e. The van der Waals surface area contributed by atoms with Crippen molar-refractivity contribution >= 4 is 11.6 Å². The van der Waals surface area contributed by atoms with Crippen molar-refractivity contribution in [2.24, 2.45) is 0 Å². The van der Waals surface area contributed by atoms with E-state index in [-0.39, 0.29) is 17.7 Å². The maximum atomic E-state index is 13.9. The summed E-state index contributed by atoms with van der Waals surface area (Å²) in [6, 6.07) is 21.6. The Morgan fingerprint density at radius 3 is 2.59 bits per heavy atom. The van der Waals surface area contributed by atoms with Crippen molar-refractivity contribution < 1.29 is 9.53 Å². The van der Waals surface area contributed by atoms with Crippen LogP contribution in [0.25, 0.3) is 11.3 Å². The van der Waals surface area contributed by atoms with Crippen molar-refractivity contribution in [3.05, 3.63) is 89.8 Å². The number of aromatic nitrogens is 2. The molecular weight excluding hydrogens is 426 g/mol. The fourth-order valence-electron chi connectivity index (χ4n) is 4.67. The number of carbonyl (C=O) groups excluding carboxylic acids is 1. The Labute approximate surface area is 199 Å². The van der Waals surface area contributed by atoms with Crippen LogP contribution in [0, 0.1) is 5.41 Å². The summed E-state index contributed by atoms with van der Waals surface area (Å²) in [5.74, 6) is -0.111. The molecule has 0 saturated carbocycles. The number of nitrogens with one attached hydrogen (secondary N) is 2. The number of morpholine rings is 1. The molecule has 7 nitrogen and oxygen atoms in total. The first-order valence-electron chi connectivity index (χ1n) is 11.8. The molecule has 7 heteroatoms. The molecule has 174 valence electrons. The van der Waals surface area contributed by atoms with Crippen LogP contribution in [0.4, 0.5) is 0 Å². The molecule has 1 amide bonds. The first kappa shape index (κ1) is 22.1. The molecule has 2 N–H and O–H groups in total. The Hall–Kier alpha value is -3.71. The lowest BCUT2D eigenvalue weighted by molar-refractivity contribution is -0.127. The lowest BCUT2D eigenvalue weighted by atomic mass is 9.98. The smallest absolute Gasteiger partial charge is 0.258 e. The maximum absolute atomic E-state index is 13.9. The van der Waals surface area contributed by atoms with Crippen molar-refractivity contribution in [3.63, 3.8) is 0 Å². The van der Waals surface area contributed by atoms with Crippen molar-refractivity contribution in [3.8, 4) is 11.3 Å². The van der Waals surface area contributed by atoms with Crippen LogP contribution in [0.15, 0.2) is 84.2 Å². The second-order valence-corrected chi connectivity index (χ2v) is 8.66. The van der Waals surface area contributed by atoms with Gasteiger partial charge in [0.1, 0.15) is 0 Å². The summed E-state index contributed by atoms with van der Waals surface area (Å²) in [4.78, 5) is 15.8. The SMILES string of the molecule is N=C(/C(C(=O)N1CCCC1Cn1ccc(-c2ccccc2)n1)=C1/COCCN1)c1ccccc1. The summed E-state index contributed by atoms with van der Waals surface area (Å²) in [7, 11) is 0. The number of ether oxygens (including phenoxy) is 1. The van der Waals surface area contributed by atoms with Crippen molar-refractivity contribution in [1.29, 1.82) is 5.41 Å². The van der Waals surface area contributed by atoms with E-state index in [1.54, 1.807) is 0 Å². The summed E-state index contributed by atoms with van der Waals surface area (Å²) in [5.41, 5.74) is 4.06. The zero-order valence-electron chi connectivity index (χ0n) is 19.1. The lowest BCUT2D eigenvalue weighted by Gasteiger charge is -2.29. The fourth-order valence-corrected chi connectivity index (χ4v) is 4.67. The molecule has 0 aliphatic carbocycles. The minimum Gasteiger partial charge on any atom is -0.383 e. The van der Waals surface area contributed by atoms with Gasteiger partial charge in [-0.15, -0.1) is 0 Å². The van der Waals surface area contributed by atoms with E-state index in [4.69, 9.17) is 15.2 Å². The molecule has 2 saturated heterocycles. The van der Waals surface area contributed by atoms with Crippen LogP contribution in [-0.2, 0) is 16.1 Å². The van der Waals surface area contributed by atoms with Crippen LogP contribution < -0.4 is 5.32 Å². The number of hydrogen-bond acceptors (Lipinski definition) is 5. The molecule has 5 rings (SSSR count). The van der Waals surface area contributed by atoms with Crippen molar-refractivity contribution in [2.75, 3.05) is 26.3 Å². The van der Waals surface area contributed by atoms with Gasteiger partial charge in [-0.2, -0.15) is 5.10 Å². The zero-order valence-corrected chi connectivity index (χ0v) is 19.1. The highest BCUT2D eigenvalue weighted by Gasteiger charge is 2.34. The molecule has 0 bridgehead atoms. The molecule has 2 aliphatic heterocycles. The Balaban J connectivity index is 1.39. The number of likely N-dealkylation sites (tertiary alicyclic amines) is 1. The third-order valence-electron chi connectivity index (χ3n) is 6.41. The topological polar surface area (TPSA) is 83.2 Å². The third kappa shape index (κ3) is 4.65. The zero-order chi connectivity index (χ0) is 23.3. The summed E-state index contributed by atoms with van der Waals surface area (Å²) >= 11 is 0. The lowest BCUT2D eigenvalue weighted by Crippen LogP contribution is -2.43. The molecular formula is C27H29N5O2. The van der Waals surface area contributed by atoms with E-state index in [1.165, 1.54) is 0 Å². The van der Waals surface area contributed by atoms with Crippen LogP contribution in [-0.4, -0.2) is 58.6 Å². The average Bonchev–Trinajstić information content (AvgIpc) is 3.56. The van der Waals surface area contributed by atoms with Gasteiger partial charge < -0.3 is 15.0 Å². The Kier molecular flexibility index (Phi) is 6.53. The molecule has 0 radical (unpaired) electrons. The molecule has 2 aromatic carbocycles. The van der Waals surface area contributed by atoms with Crippen LogP contribution in [0.2, 0.25) is 0 Å². The Morgan fingerprint density at radius 2 is 1.85 bits per heavy atom. The summed E-state index contributed by atoms with van der Waals surface area (Å²) in [6.07, 6.45) is 3.83. The number of benzene rings is 2. The number of hydrogen-bond donors (Lipinski definition) is 2. The highest BCUT2D eigenvalue weighted by molar-refractivity contribution is 6.27. The molecule has 34 heavy (non-hydrogen) atoms. The van der Waals surface area contributed by atoms with E-state index in [1.807, 2.05) is 82.5 Å². The fraction of sp³-hybridized carbons (Fsp3) is 0.296. The molecule has 1 unspecified atom stereocenters.